The molecule has 0 aromatic heterocycles. The molecule has 0 spiro atoms. The van der Waals surface area contributed by atoms with E-state index in [0.717, 1.165) is 24.1 Å². The zero-order valence-corrected chi connectivity index (χ0v) is 11.5. The summed E-state index contributed by atoms with van der Waals surface area (Å²) < 4.78 is 0. The second-order valence-electron chi connectivity index (χ2n) is 5.07. The monoisotopic (exact) mass is 260 g/mol. The molecule has 1 aromatic carbocycles. The number of benzene rings is 1. The number of anilines is 1. The number of carbonyl (C=O) groups is 2. The Balaban J connectivity index is 1.92. The van der Waals surface area contributed by atoms with Crippen molar-refractivity contribution < 1.29 is 9.59 Å². The highest BCUT2D eigenvalue weighted by atomic mass is 16.2. The van der Waals surface area contributed by atoms with Crippen LogP contribution >= 0.6 is 0 Å². The summed E-state index contributed by atoms with van der Waals surface area (Å²) >= 11 is 0. The molecule has 0 atom stereocenters. The fourth-order valence-corrected chi connectivity index (χ4v) is 2.04. The Labute approximate surface area is 113 Å². The summed E-state index contributed by atoms with van der Waals surface area (Å²) in [6, 6.07) is 7.82. The first-order valence-corrected chi connectivity index (χ1v) is 6.70. The lowest BCUT2D eigenvalue weighted by atomic mass is 10.2. The SMILES string of the molecule is CC(=O)N(CCNC(=O)C1CC1)c1cccc(C)c1. The standard InChI is InChI=1S/C15H20N2O2/c1-11-4-3-5-14(10-11)17(12(2)18)9-8-16-15(19)13-6-7-13/h3-5,10,13H,6-9H2,1-2H3,(H,16,19). The lowest BCUT2D eigenvalue weighted by molar-refractivity contribution is -0.122. The Morgan fingerprint density at radius 3 is 2.68 bits per heavy atom. The van der Waals surface area contributed by atoms with Gasteiger partial charge in [0.25, 0.3) is 0 Å². The van der Waals surface area contributed by atoms with E-state index in [1.807, 2.05) is 31.2 Å². The largest absolute Gasteiger partial charge is 0.354 e. The first-order chi connectivity index (χ1) is 9.08. The van der Waals surface area contributed by atoms with Crippen LogP contribution in [0.1, 0.15) is 25.3 Å². The lowest BCUT2D eigenvalue weighted by Crippen LogP contribution is -2.38. The molecule has 1 N–H and O–H groups in total. The van der Waals surface area contributed by atoms with Crippen molar-refractivity contribution in [3.8, 4) is 0 Å². The zero-order chi connectivity index (χ0) is 13.8. The van der Waals surface area contributed by atoms with Crippen LogP contribution in [0.25, 0.3) is 0 Å². The molecule has 1 saturated carbocycles. The first kappa shape index (κ1) is 13.6. The molecule has 1 fully saturated rings. The van der Waals surface area contributed by atoms with Gasteiger partial charge in [-0.3, -0.25) is 9.59 Å². The maximum absolute atomic E-state index is 11.7. The molecule has 0 unspecified atom stereocenters. The summed E-state index contributed by atoms with van der Waals surface area (Å²) in [6.07, 6.45) is 2.00. The Morgan fingerprint density at radius 2 is 2.11 bits per heavy atom. The molecule has 0 radical (unpaired) electrons. The van der Waals surface area contributed by atoms with Gasteiger partial charge in [0, 0.05) is 31.6 Å². The molecule has 1 aromatic rings. The molecule has 102 valence electrons. The number of amides is 2. The van der Waals surface area contributed by atoms with Crippen LogP contribution < -0.4 is 10.2 Å². The fourth-order valence-electron chi connectivity index (χ4n) is 2.04. The molecule has 4 heteroatoms. The van der Waals surface area contributed by atoms with Crippen molar-refractivity contribution in [2.24, 2.45) is 5.92 Å². The molecule has 0 aliphatic heterocycles. The van der Waals surface area contributed by atoms with E-state index in [-0.39, 0.29) is 17.7 Å². The Kier molecular flexibility index (Phi) is 4.20. The smallest absolute Gasteiger partial charge is 0.223 e. The molecule has 0 saturated heterocycles. The van der Waals surface area contributed by atoms with Gasteiger partial charge < -0.3 is 10.2 Å². The van der Waals surface area contributed by atoms with Gasteiger partial charge in [0.15, 0.2) is 0 Å². The quantitative estimate of drug-likeness (QED) is 0.878. The predicted molar refractivity (Wildman–Crippen MR) is 74.9 cm³/mol. The number of carbonyl (C=O) groups excluding carboxylic acids is 2. The van der Waals surface area contributed by atoms with E-state index in [4.69, 9.17) is 0 Å². The molecule has 1 aliphatic carbocycles. The van der Waals surface area contributed by atoms with E-state index in [2.05, 4.69) is 5.32 Å². The fraction of sp³-hybridized carbons (Fsp3) is 0.467. The van der Waals surface area contributed by atoms with Crippen LogP contribution in [0.2, 0.25) is 0 Å². The third-order valence-corrected chi connectivity index (χ3v) is 3.28. The van der Waals surface area contributed by atoms with Crippen molar-refractivity contribution in [2.75, 3.05) is 18.0 Å². The summed E-state index contributed by atoms with van der Waals surface area (Å²) in [4.78, 5) is 24.9. The third kappa shape index (κ3) is 3.81. The van der Waals surface area contributed by atoms with Gasteiger partial charge >= 0.3 is 0 Å². The van der Waals surface area contributed by atoms with Gasteiger partial charge in [-0.05, 0) is 37.5 Å². The van der Waals surface area contributed by atoms with Crippen LogP contribution in [0.3, 0.4) is 0 Å². The maximum atomic E-state index is 11.7. The Hall–Kier alpha value is -1.84. The van der Waals surface area contributed by atoms with Gasteiger partial charge in [-0.1, -0.05) is 12.1 Å². The van der Waals surface area contributed by atoms with Crippen molar-refractivity contribution in [2.45, 2.75) is 26.7 Å². The van der Waals surface area contributed by atoms with Crippen molar-refractivity contribution in [1.82, 2.24) is 5.32 Å². The summed E-state index contributed by atoms with van der Waals surface area (Å²) in [5, 5.41) is 2.88. The molecule has 19 heavy (non-hydrogen) atoms. The highest BCUT2D eigenvalue weighted by molar-refractivity contribution is 5.91. The molecular weight excluding hydrogens is 240 g/mol. The summed E-state index contributed by atoms with van der Waals surface area (Å²) in [5.74, 6) is 0.323. The minimum Gasteiger partial charge on any atom is -0.354 e. The number of hydrogen-bond acceptors (Lipinski definition) is 2. The third-order valence-electron chi connectivity index (χ3n) is 3.28. The highest BCUT2D eigenvalue weighted by Gasteiger charge is 2.29. The second kappa shape index (κ2) is 5.87. The van der Waals surface area contributed by atoms with Gasteiger partial charge in [-0.15, -0.1) is 0 Å². The Morgan fingerprint density at radius 1 is 1.37 bits per heavy atom. The van der Waals surface area contributed by atoms with Gasteiger partial charge in [0.1, 0.15) is 0 Å². The topological polar surface area (TPSA) is 49.4 Å². The molecule has 0 bridgehead atoms. The van der Waals surface area contributed by atoms with Crippen LogP contribution in [-0.2, 0) is 9.59 Å². The van der Waals surface area contributed by atoms with Crippen molar-refractivity contribution >= 4 is 17.5 Å². The van der Waals surface area contributed by atoms with Crippen molar-refractivity contribution in [3.05, 3.63) is 29.8 Å². The van der Waals surface area contributed by atoms with E-state index < -0.39 is 0 Å². The van der Waals surface area contributed by atoms with Crippen LogP contribution in [0.4, 0.5) is 5.69 Å². The van der Waals surface area contributed by atoms with E-state index in [1.54, 1.807) is 11.8 Å². The molecule has 2 amide bonds. The average molecular weight is 260 g/mol. The average Bonchev–Trinajstić information content (AvgIpc) is 3.18. The number of hydrogen-bond donors (Lipinski definition) is 1. The highest BCUT2D eigenvalue weighted by Crippen LogP contribution is 2.28. The van der Waals surface area contributed by atoms with E-state index in [0.29, 0.717) is 13.1 Å². The summed E-state index contributed by atoms with van der Waals surface area (Å²) in [5.41, 5.74) is 2.00. The van der Waals surface area contributed by atoms with Crippen LogP contribution in [0, 0.1) is 12.8 Å². The molecule has 4 nitrogen and oxygen atoms in total. The van der Waals surface area contributed by atoms with Crippen molar-refractivity contribution in [1.29, 1.82) is 0 Å². The minimum absolute atomic E-state index is 0.00808. The maximum Gasteiger partial charge on any atom is 0.223 e. The Bertz CT molecular complexity index is 481. The molecule has 0 heterocycles. The van der Waals surface area contributed by atoms with Gasteiger partial charge in [-0.25, -0.2) is 0 Å². The number of aryl methyl sites for hydroxylation is 1. The number of rotatable bonds is 5. The van der Waals surface area contributed by atoms with Gasteiger partial charge in [0.2, 0.25) is 11.8 Å². The lowest BCUT2D eigenvalue weighted by Gasteiger charge is -2.21. The summed E-state index contributed by atoms with van der Waals surface area (Å²) in [7, 11) is 0. The predicted octanol–water partition coefficient (Wildman–Crippen LogP) is 1.87. The van der Waals surface area contributed by atoms with Gasteiger partial charge in [0.05, 0.1) is 0 Å². The number of nitrogens with zero attached hydrogens (tertiary/aromatic N) is 1. The van der Waals surface area contributed by atoms with E-state index in [1.165, 1.54) is 0 Å². The van der Waals surface area contributed by atoms with Crippen molar-refractivity contribution in [3.63, 3.8) is 0 Å². The van der Waals surface area contributed by atoms with Crippen LogP contribution in [-0.4, -0.2) is 24.9 Å². The second-order valence-corrected chi connectivity index (χ2v) is 5.07. The zero-order valence-electron chi connectivity index (χ0n) is 11.5. The van der Waals surface area contributed by atoms with Crippen LogP contribution in [0.5, 0.6) is 0 Å². The summed E-state index contributed by atoms with van der Waals surface area (Å²) in [6.45, 7) is 4.56. The van der Waals surface area contributed by atoms with E-state index in [9.17, 15) is 9.59 Å². The normalized spacial score (nSPS) is 14.0. The van der Waals surface area contributed by atoms with Crippen LogP contribution in [0.15, 0.2) is 24.3 Å². The minimum atomic E-state index is -0.00808. The first-order valence-electron chi connectivity index (χ1n) is 6.70. The van der Waals surface area contributed by atoms with Gasteiger partial charge in [-0.2, -0.15) is 0 Å². The molecule has 1 aliphatic rings. The molecule has 2 rings (SSSR count). The van der Waals surface area contributed by atoms with E-state index >= 15 is 0 Å². The number of nitrogens with one attached hydrogen (secondary N) is 1. The molecular formula is C15H20N2O2.